The molecule has 0 fully saturated rings. The molecular formula is C18H21NOS. The smallest absolute Gasteiger partial charge is 0.127 e. The number of rotatable bonds is 4. The van der Waals surface area contributed by atoms with Gasteiger partial charge in [-0.3, -0.25) is 0 Å². The highest BCUT2D eigenvalue weighted by Gasteiger charge is 2.18. The van der Waals surface area contributed by atoms with Crippen molar-refractivity contribution in [3.8, 4) is 5.75 Å². The van der Waals surface area contributed by atoms with Gasteiger partial charge in [-0.05, 0) is 37.0 Å². The molecule has 0 radical (unpaired) electrons. The van der Waals surface area contributed by atoms with Crippen LogP contribution in [0.5, 0.6) is 5.75 Å². The van der Waals surface area contributed by atoms with Gasteiger partial charge in [0.1, 0.15) is 5.75 Å². The molecule has 1 unspecified atom stereocenters. The third kappa shape index (κ3) is 3.25. The van der Waals surface area contributed by atoms with Crippen LogP contribution >= 0.6 is 11.8 Å². The molecule has 110 valence electrons. The fourth-order valence-corrected chi connectivity index (χ4v) is 3.70. The Morgan fingerprint density at radius 2 is 2.05 bits per heavy atom. The number of nitrogens with two attached hydrogens (primary N) is 1. The van der Waals surface area contributed by atoms with Crippen LogP contribution in [-0.2, 0) is 6.42 Å². The van der Waals surface area contributed by atoms with Crippen LogP contribution in [0.25, 0.3) is 0 Å². The second kappa shape index (κ2) is 6.54. The molecule has 3 heteroatoms. The zero-order valence-electron chi connectivity index (χ0n) is 12.3. The molecule has 21 heavy (non-hydrogen) atoms. The van der Waals surface area contributed by atoms with Gasteiger partial charge in [0.25, 0.3) is 0 Å². The number of para-hydroxylation sites is 1. The maximum atomic E-state index is 6.42. The van der Waals surface area contributed by atoms with E-state index in [2.05, 4.69) is 49.4 Å². The summed E-state index contributed by atoms with van der Waals surface area (Å²) in [7, 11) is 0. The van der Waals surface area contributed by atoms with Crippen molar-refractivity contribution >= 4 is 11.8 Å². The molecule has 1 aliphatic heterocycles. The van der Waals surface area contributed by atoms with E-state index >= 15 is 0 Å². The minimum Gasteiger partial charge on any atom is -0.493 e. The molecule has 0 aromatic heterocycles. The molecule has 2 aromatic carbocycles. The number of benzene rings is 2. The predicted molar refractivity (Wildman–Crippen MR) is 89.1 cm³/mol. The van der Waals surface area contributed by atoms with Crippen LogP contribution in [0.4, 0.5) is 0 Å². The van der Waals surface area contributed by atoms with Gasteiger partial charge in [0.2, 0.25) is 0 Å². The van der Waals surface area contributed by atoms with E-state index in [-0.39, 0.29) is 6.04 Å². The van der Waals surface area contributed by atoms with Crippen molar-refractivity contribution in [1.29, 1.82) is 0 Å². The Labute approximate surface area is 130 Å². The van der Waals surface area contributed by atoms with Crippen molar-refractivity contribution in [2.75, 3.05) is 12.4 Å². The molecule has 1 atom stereocenters. The van der Waals surface area contributed by atoms with Crippen LogP contribution in [0, 0.1) is 6.92 Å². The quantitative estimate of drug-likeness (QED) is 0.863. The Morgan fingerprint density at radius 1 is 1.19 bits per heavy atom. The number of hydrogen-bond acceptors (Lipinski definition) is 3. The summed E-state index contributed by atoms with van der Waals surface area (Å²) in [4.78, 5) is 1.30. The first-order chi connectivity index (χ1) is 10.3. The molecule has 0 saturated carbocycles. The average molecular weight is 299 g/mol. The summed E-state index contributed by atoms with van der Waals surface area (Å²) in [5, 5.41) is 0. The first kappa shape index (κ1) is 14.5. The first-order valence-electron chi connectivity index (χ1n) is 7.44. The summed E-state index contributed by atoms with van der Waals surface area (Å²) in [6.07, 6.45) is 2.20. The maximum absolute atomic E-state index is 6.42. The molecule has 1 aliphatic rings. The fraction of sp³-hybridized carbons (Fsp3) is 0.333. The first-order valence-corrected chi connectivity index (χ1v) is 8.43. The van der Waals surface area contributed by atoms with Gasteiger partial charge < -0.3 is 10.5 Å². The summed E-state index contributed by atoms with van der Waals surface area (Å²) in [5.74, 6) is 1.90. The molecule has 0 amide bonds. The van der Waals surface area contributed by atoms with Crippen LogP contribution in [0.2, 0.25) is 0 Å². The monoisotopic (exact) mass is 299 g/mol. The third-order valence-electron chi connectivity index (χ3n) is 3.88. The molecule has 0 spiro atoms. The molecule has 0 aliphatic carbocycles. The van der Waals surface area contributed by atoms with Crippen LogP contribution in [0.3, 0.4) is 0 Å². The minimum absolute atomic E-state index is 0.00246. The molecule has 2 aromatic rings. The Balaban J connectivity index is 1.74. The number of fused-ring (bicyclic) bond motifs is 1. The maximum Gasteiger partial charge on any atom is 0.127 e. The summed E-state index contributed by atoms with van der Waals surface area (Å²) >= 11 is 1.82. The van der Waals surface area contributed by atoms with Crippen LogP contribution < -0.4 is 10.5 Å². The number of aryl methyl sites for hydroxylation is 2. The Bertz CT molecular complexity index is 626. The topological polar surface area (TPSA) is 35.2 Å². The molecule has 0 bridgehead atoms. The molecule has 2 nitrogen and oxygen atoms in total. The van der Waals surface area contributed by atoms with Gasteiger partial charge in [-0.2, -0.15) is 0 Å². The predicted octanol–water partition coefficient (Wildman–Crippen LogP) is 4.11. The Hall–Kier alpha value is -1.45. The summed E-state index contributed by atoms with van der Waals surface area (Å²) in [6, 6.07) is 14.8. The SMILES string of the molecule is Cc1ccccc1SCC(N)c1cccc2c1OCCC2. The second-order valence-electron chi connectivity index (χ2n) is 5.47. The van der Waals surface area contributed by atoms with Gasteiger partial charge >= 0.3 is 0 Å². The number of ether oxygens (including phenoxy) is 1. The molecule has 1 heterocycles. The lowest BCUT2D eigenvalue weighted by Crippen LogP contribution is -2.18. The second-order valence-corrected chi connectivity index (χ2v) is 6.53. The molecular weight excluding hydrogens is 278 g/mol. The number of thioether (sulfide) groups is 1. The van der Waals surface area contributed by atoms with E-state index in [1.54, 1.807) is 0 Å². The van der Waals surface area contributed by atoms with E-state index in [1.807, 2.05) is 11.8 Å². The number of hydrogen-bond donors (Lipinski definition) is 1. The zero-order chi connectivity index (χ0) is 14.7. The zero-order valence-corrected chi connectivity index (χ0v) is 13.2. The highest BCUT2D eigenvalue weighted by Crippen LogP contribution is 2.34. The highest BCUT2D eigenvalue weighted by molar-refractivity contribution is 7.99. The van der Waals surface area contributed by atoms with E-state index < -0.39 is 0 Å². The molecule has 3 rings (SSSR count). The van der Waals surface area contributed by atoms with E-state index in [9.17, 15) is 0 Å². The van der Waals surface area contributed by atoms with Gasteiger partial charge in [-0.25, -0.2) is 0 Å². The summed E-state index contributed by atoms with van der Waals surface area (Å²) < 4.78 is 5.86. The lowest BCUT2D eigenvalue weighted by atomic mass is 9.99. The molecule has 2 N–H and O–H groups in total. The van der Waals surface area contributed by atoms with E-state index in [4.69, 9.17) is 10.5 Å². The van der Waals surface area contributed by atoms with Gasteiger partial charge in [-0.1, -0.05) is 36.4 Å². The van der Waals surface area contributed by atoms with Gasteiger partial charge in [-0.15, -0.1) is 11.8 Å². The van der Waals surface area contributed by atoms with Crippen LogP contribution in [0.15, 0.2) is 47.4 Å². The standard InChI is InChI=1S/C18H21NOS/c1-13-6-2-3-10-17(13)21-12-16(19)15-9-4-7-14-8-5-11-20-18(14)15/h2-4,6-7,9-10,16H,5,8,11-12,19H2,1H3. The van der Waals surface area contributed by atoms with Crippen LogP contribution in [0.1, 0.15) is 29.2 Å². The van der Waals surface area contributed by atoms with Crippen molar-refractivity contribution in [1.82, 2.24) is 0 Å². The van der Waals surface area contributed by atoms with Gasteiger partial charge in [0.05, 0.1) is 6.61 Å². The van der Waals surface area contributed by atoms with Crippen LogP contribution in [-0.4, -0.2) is 12.4 Å². The lowest BCUT2D eigenvalue weighted by Gasteiger charge is -2.23. The molecule has 0 saturated heterocycles. The summed E-state index contributed by atoms with van der Waals surface area (Å²) in [5.41, 5.74) is 10.2. The van der Waals surface area contributed by atoms with E-state index in [1.165, 1.54) is 16.0 Å². The van der Waals surface area contributed by atoms with Crippen molar-refractivity contribution in [2.45, 2.75) is 30.7 Å². The highest BCUT2D eigenvalue weighted by atomic mass is 32.2. The van der Waals surface area contributed by atoms with E-state index in [0.29, 0.717) is 0 Å². The van der Waals surface area contributed by atoms with Crippen molar-refractivity contribution in [3.63, 3.8) is 0 Å². The van der Waals surface area contributed by atoms with Crippen molar-refractivity contribution in [2.24, 2.45) is 5.73 Å². The lowest BCUT2D eigenvalue weighted by molar-refractivity contribution is 0.284. The normalized spacial score (nSPS) is 15.1. The average Bonchev–Trinajstić information content (AvgIpc) is 2.53. The Morgan fingerprint density at radius 3 is 2.90 bits per heavy atom. The van der Waals surface area contributed by atoms with Crippen molar-refractivity contribution in [3.05, 3.63) is 59.2 Å². The minimum atomic E-state index is 0.00246. The summed E-state index contributed by atoms with van der Waals surface area (Å²) in [6.45, 7) is 2.95. The fourth-order valence-electron chi connectivity index (χ4n) is 2.69. The third-order valence-corrected chi connectivity index (χ3v) is 5.17. The Kier molecular flexibility index (Phi) is 4.51. The van der Waals surface area contributed by atoms with Crippen molar-refractivity contribution < 1.29 is 4.74 Å². The largest absolute Gasteiger partial charge is 0.493 e. The van der Waals surface area contributed by atoms with E-state index in [0.717, 1.165) is 36.5 Å². The van der Waals surface area contributed by atoms with Gasteiger partial charge in [0.15, 0.2) is 0 Å². The van der Waals surface area contributed by atoms with Gasteiger partial charge in [0, 0.05) is 22.3 Å².